The summed E-state index contributed by atoms with van der Waals surface area (Å²) in [6.45, 7) is 1.31. The van der Waals surface area contributed by atoms with Crippen LogP contribution in [-0.4, -0.2) is 50.1 Å². The fraction of sp³-hybridized carbons (Fsp3) is 0.300. The molecule has 0 atom stereocenters. The van der Waals surface area contributed by atoms with Crippen LogP contribution < -0.4 is 9.64 Å². The highest BCUT2D eigenvalue weighted by atomic mass is 35.5. The SMILES string of the molecule is COc1ccc(Cl)c2sc(N(CCCN(C)C)C(=O)c3ccc(Cl)cc3Cl)nc12. The fourth-order valence-corrected chi connectivity index (χ4v) is 4.63. The average Bonchev–Trinajstić information content (AvgIpc) is 3.11. The largest absolute Gasteiger partial charge is 0.494 e. The van der Waals surface area contributed by atoms with Crippen molar-refractivity contribution in [3.63, 3.8) is 0 Å². The topological polar surface area (TPSA) is 45.7 Å². The van der Waals surface area contributed by atoms with Crippen LogP contribution in [0.4, 0.5) is 5.13 Å². The second-order valence-electron chi connectivity index (χ2n) is 6.66. The lowest BCUT2D eigenvalue weighted by atomic mass is 10.2. The Morgan fingerprint density at radius 1 is 1.10 bits per heavy atom. The van der Waals surface area contributed by atoms with Crippen LogP contribution in [0.1, 0.15) is 16.8 Å². The number of hydrogen-bond donors (Lipinski definition) is 0. The van der Waals surface area contributed by atoms with E-state index in [9.17, 15) is 4.79 Å². The molecule has 0 saturated carbocycles. The van der Waals surface area contributed by atoms with E-state index in [1.165, 1.54) is 11.3 Å². The average molecular weight is 473 g/mol. The van der Waals surface area contributed by atoms with E-state index in [0.29, 0.717) is 43.6 Å². The summed E-state index contributed by atoms with van der Waals surface area (Å²) in [5.74, 6) is 0.372. The van der Waals surface area contributed by atoms with E-state index in [0.717, 1.165) is 17.7 Å². The van der Waals surface area contributed by atoms with Crippen LogP contribution >= 0.6 is 46.1 Å². The zero-order valence-corrected chi connectivity index (χ0v) is 19.3. The second kappa shape index (κ2) is 9.49. The Labute approximate surface area is 188 Å². The standard InChI is InChI=1S/C20H20Cl3N3O2S/c1-25(2)9-4-10-26(19(27)13-6-5-12(21)11-15(13)23)20-24-17-16(28-3)8-7-14(22)18(17)29-20/h5-8,11H,4,9-10H2,1-3H3. The molecule has 1 heterocycles. The molecule has 9 heteroatoms. The maximum atomic E-state index is 13.4. The number of fused-ring (bicyclic) bond motifs is 1. The van der Waals surface area contributed by atoms with Gasteiger partial charge in [-0.3, -0.25) is 9.69 Å². The number of carbonyl (C=O) groups excluding carboxylic acids is 1. The van der Waals surface area contributed by atoms with Crippen molar-refractivity contribution in [3.8, 4) is 5.75 Å². The van der Waals surface area contributed by atoms with Crippen molar-refractivity contribution in [3.05, 3.63) is 51.0 Å². The van der Waals surface area contributed by atoms with Crippen molar-refractivity contribution in [2.75, 3.05) is 39.2 Å². The van der Waals surface area contributed by atoms with Gasteiger partial charge in [0.15, 0.2) is 5.13 Å². The Balaban J connectivity index is 2.04. The molecule has 1 aromatic heterocycles. The first-order chi connectivity index (χ1) is 13.8. The van der Waals surface area contributed by atoms with E-state index >= 15 is 0 Å². The number of ether oxygens (including phenoxy) is 1. The van der Waals surface area contributed by atoms with E-state index in [2.05, 4.69) is 9.88 Å². The van der Waals surface area contributed by atoms with Gasteiger partial charge in [0.1, 0.15) is 11.3 Å². The van der Waals surface area contributed by atoms with Crippen molar-refractivity contribution in [1.82, 2.24) is 9.88 Å². The van der Waals surface area contributed by atoms with E-state index in [1.807, 2.05) is 14.1 Å². The first kappa shape index (κ1) is 22.1. The molecule has 0 saturated heterocycles. The molecular weight excluding hydrogens is 453 g/mol. The third-order valence-electron chi connectivity index (χ3n) is 4.29. The number of rotatable bonds is 7. The molecule has 29 heavy (non-hydrogen) atoms. The van der Waals surface area contributed by atoms with Crippen molar-refractivity contribution in [2.45, 2.75) is 6.42 Å². The lowest BCUT2D eigenvalue weighted by Crippen LogP contribution is -2.33. The molecule has 0 bridgehead atoms. The minimum atomic E-state index is -0.237. The summed E-state index contributed by atoms with van der Waals surface area (Å²) in [6, 6.07) is 8.37. The molecule has 2 aromatic carbocycles. The molecule has 0 aliphatic rings. The summed E-state index contributed by atoms with van der Waals surface area (Å²) in [5, 5.41) is 1.88. The highest BCUT2D eigenvalue weighted by Crippen LogP contribution is 2.39. The summed E-state index contributed by atoms with van der Waals surface area (Å²) in [7, 11) is 5.56. The number of halogens is 3. The fourth-order valence-electron chi connectivity index (χ4n) is 2.86. The number of amides is 1. The highest BCUT2D eigenvalue weighted by Gasteiger charge is 2.24. The zero-order chi connectivity index (χ0) is 21.1. The van der Waals surface area contributed by atoms with Gasteiger partial charge < -0.3 is 9.64 Å². The zero-order valence-electron chi connectivity index (χ0n) is 16.2. The molecule has 0 radical (unpaired) electrons. The Morgan fingerprint density at radius 2 is 1.86 bits per heavy atom. The van der Waals surface area contributed by atoms with Crippen LogP contribution in [0.3, 0.4) is 0 Å². The molecule has 5 nitrogen and oxygen atoms in total. The Hall–Kier alpha value is -1.57. The predicted molar refractivity (Wildman–Crippen MR) is 122 cm³/mol. The maximum absolute atomic E-state index is 13.4. The quantitative estimate of drug-likeness (QED) is 0.432. The monoisotopic (exact) mass is 471 g/mol. The van der Waals surface area contributed by atoms with Gasteiger partial charge in [-0.15, -0.1) is 0 Å². The summed E-state index contributed by atoms with van der Waals surface area (Å²) in [5.41, 5.74) is 1.01. The lowest BCUT2D eigenvalue weighted by molar-refractivity contribution is 0.0986. The lowest BCUT2D eigenvalue weighted by Gasteiger charge is -2.21. The van der Waals surface area contributed by atoms with Gasteiger partial charge in [0.05, 0.1) is 27.4 Å². The summed E-state index contributed by atoms with van der Waals surface area (Å²) < 4.78 is 6.18. The van der Waals surface area contributed by atoms with Gasteiger partial charge in [0.2, 0.25) is 0 Å². The summed E-state index contributed by atoms with van der Waals surface area (Å²) in [4.78, 5) is 21.7. The molecule has 1 amide bonds. The summed E-state index contributed by atoms with van der Waals surface area (Å²) in [6.07, 6.45) is 0.769. The number of aromatic nitrogens is 1. The molecule has 0 N–H and O–H groups in total. The smallest absolute Gasteiger partial charge is 0.261 e. The van der Waals surface area contributed by atoms with Crippen molar-refractivity contribution in [1.29, 1.82) is 0 Å². The Morgan fingerprint density at radius 3 is 2.52 bits per heavy atom. The molecule has 0 aliphatic carbocycles. The van der Waals surface area contributed by atoms with Crippen molar-refractivity contribution < 1.29 is 9.53 Å². The third kappa shape index (κ3) is 4.95. The van der Waals surface area contributed by atoms with E-state index in [4.69, 9.17) is 39.5 Å². The Bertz CT molecular complexity index is 1040. The van der Waals surface area contributed by atoms with Crippen LogP contribution in [0.25, 0.3) is 10.2 Å². The highest BCUT2D eigenvalue weighted by molar-refractivity contribution is 7.23. The van der Waals surface area contributed by atoms with Gasteiger partial charge in [-0.1, -0.05) is 46.1 Å². The number of anilines is 1. The number of carbonyl (C=O) groups is 1. The van der Waals surface area contributed by atoms with Crippen molar-refractivity contribution >= 4 is 67.4 Å². The molecule has 0 spiro atoms. The normalized spacial score (nSPS) is 11.3. The summed E-state index contributed by atoms with van der Waals surface area (Å²) >= 11 is 20.0. The number of benzene rings is 2. The number of thiazole rings is 1. The van der Waals surface area contributed by atoms with E-state index < -0.39 is 0 Å². The molecule has 0 fully saturated rings. The van der Waals surface area contributed by atoms with Crippen molar-refractivity contribution in [2.24, 2.45) is 0 Å². The molecule has 3 rings (SSSR count). The van der Waals surface area contributed by atoms with Gasteiger partial charge in [-0.05, 0) is 57.4 Å². The van der Waals surface area contributed by atoms with Gasteiger partial charge >= 0.3 is 0 Å². The molecular formula is C20H20Cl3N3O2S. The van der Waals surface area contributed by atoms with Gasteiger partial charge in [0.25, 0.3) is 5.91 Å². The molecule has 0 aliphatic heterocycles. The second-order valence-corrected chi connectivity index (χ2v) is 8.89. The number of methoxy groups -OCH3 is 1. The maximum Gasteiger partial charge on any atom is 0.261 e. The van der Waals surface area contributed by atoms with Crippen LogP contribution in [0.2, 0.25) is 15.1 Å². The molecule has 0 unspecified atom stereocenters. The number of hydrogen-bond acceptors (Lipinski definition) is 5. The Kier molecular flexibility index (Phi) is 7.24. The van der Waals surface area contributed by atoms with Gasteiger partial charge in [0, 0.05) is 11.6 Å². The van der Waals surface area contributed by atoms with Crippen LogP contribution in [-0.2, 0) is 0 Å². The van der Waals surface area contributed by atoms with Crippen LogP contribution in [0.15, 0.2) is 30.3 Å². The van der Waals surface area contributed by atoms with Crippen LogP contribution in [0, 0.1) is 0 Å². The van der Waals surface area contributed by atoms with E-state index in [1.54, 1.807) is 42.3 Å². The first-order valence-electron chi connectivity index (χ1n) is 8.86. The predicted octanol–water partition coefficient (Wildman–Crippen LogP) is 5.86. The van der Waals surface area contributed by atoms with E-state index in [-0.39, 0.29) is 5.91 Å². The van der Waals surface area contributed by atoms with Crippen LogP contribution in [0.5, 0.6) is 5.75 Å². The third-order valence-corrected chi connectivity index (χ3v) is 6.38. The number of nitrogens with zero attached hydrogens (tertiary/aromatic N) is 3. The van der Waals surface area contributed by atoms with Gasteiger partial charge in [-0.2, -0.15) is 0 Å². The molecule has 3 aromatic rings. The molecule has 154 valence electrons. The minimum absolute atomic E-state index is 0.237. The minimum Gasteiger partial charge on any atom is -0.494 e. The first-order valence-corrected chi connectivity index (χ1v) is 10.8. The van der Waals surface area contributed by atoms with Gasteiger partial charge in [-0.25, -0.2) is 4.98 Å².